The molecule has 1 atom stereocenters. The van der Waals surface area contributed by atoms with Crippen LogP contribution in [-0.4, -0.2) is 26.2 Å². The molecule has 0 saturated carbocycles. The summed E-state index contributed by atoms with van der Waals surface area (Å²) in [5.74, 6) is -1.29. The molecule has 9 heteroatoms. The van der Waals surface area contributed by atoms with E-state index in [0.717, 1.165) is 0 Å². The maximum atomic E-state index is 13.0. The summed E-state index contributed by atoms with van der Waals surface area (Å²) in [5.41, 5.74) is -1.57. The number of aliphatic hydroxyl groups excluding tert-OH is 1. The molecule has 0 fully saturated rings. The van der Waals surface area contributed by atoms with E-state index < -0.39 is 38.6 Å². The normalized spacial score (nSPS) is 14.4. The van der Waals surface area contributed by atoms with E-state index in [1.54, 1.807) is 13.8 Å². The Balaban J connectivity index is 2.99. The number of sulfonamides is 1. The van der Waals surface area contributed by atoms with Gasteiger partial charge in [0.1, 0.15) is 5.82 Å². The fraction of sp³-hybridized carbons (Fsp3) is 0.538. The van der Waals surface area contributed by atoms with Crippen molar-refractivity contribution in [3.63, 3.8) is 0 Å². The van der Waals surface area contributed by atoms with Gasteiger partial charge in [0.25, 0.3) is 0 Å². The van der Waals surface area contributed by atoms with Crippen LogP contribution in [0.4, 0.5) is 17.6 Å². The zero-order valence-electron chi connectivity index (χ0n) is 12.0. The van der Waals surface area contributed by atoms with Crippen LogP contribution in [0.1, 0.15) is 25.8 Å². The third-order valence-electron chi connectivity index (χ3n) is 3.04. The van der Waals surface area contributed by atoms with Crippen LogP contribution in [0.5, 0.6) is 0 Å². The monoisotopic (exact) mass is 343 g/mol. The minimum atomic E-state index is -5.00. The summed E-state index contributed by atoms with van der Waals surface area (Å²) in [6.45, 7) is 3.22. The van der Waals surface area contributed by atoms with Gasteiger partial charge in [-0.2, -0.15) is 13.2 Å². The van der Waals surface area contributed by atoms with Crippen LogP contribution in [0.2, 0.25) is 0 Å². The summed E-state index contributed by atoms with van der Waals surface area (Å²) in [4.78, 5) is -1.04. The summed E-state index contributed by atoms with van der Waals surface area (Å²) in [5, 5.41) is 9.55. The summed E-state index contributed by atoms with van der Waals surface area (Å²) in [6.07, 6.45) is -5.72. The molecule has 0 amide bonds. The third kappa shape index (κ3) is 4.92. The molecule has 1 aromatic rings. The number of nitrogens with one attached hydrogen (secondary N) is 1. The highest BCUT2D eigenvalue weighted by atomic mass is 32.2. The van der Waals surface area contributed by atoms with Gasteiger partial charge in [-0.1, -0.05) is 13.8 Å². The van der Waals surface area contributed by atoms with Crippen LogP contribution in [-0.2, 0) is 16.2 Å². The molecule has 22 heavy (non-hydrogen) atoms. The second-order valence-corrected chi connectivity index (χ2v) is 6.87. The van der Waals surface area contributed by atoms with E-state index in [1.807, 2.05) is 4.72 Å². The molecule has 126 valence electrons. The maximum Gasteiger partial charge on any atom is 0.417 e. The van der Waals surface area contributed by atoms with Crippen LogP contribution < -0.4 is 4.72 Å². The molecular formula is C13H17F4NO3S. The standard InChI is InChI=1S/C13H17F4NO3S/c1-8(2)11(19)5-6-18-22(20,21)12-4-3-9(14)7-10(12)13(15,16)17/h3-4,7-8,11,18-19H,5-6H2,1-2H3. The molecule has 1 rings (SSSR count). The fourth-order valence-corrected chi connectivity index (χ4v) is 2.96. The van der Waals surface area contributed by atoms with Crippen molar-refractivity contribution in [2.75, 3.05) is 6.54 Å². The number of benzene rings is 1. The predicted octanol–water partition coefficient (Wildman–Crippen LogP) is 2.53. The largest absolute Gasteiger partial charge is 0.417 e. The van der Waals surface area contributed by atoms with Crippen molar-refractivity contribution >= 4 is 10.0 Å². The summed E-state index contributed by atoms with van der Waals surface area (Å²) in [6, 6.07) is 1.35. The lowest BCUT2D eigenvalue weighted by molar-refractivity contribution is -0.140. The van der Waals surface area contributed by atoms with E-state index in [1.165, 1.54) is 0 Å². The fourth-order valence-electron chi connectivity index (χ4n) is 1.71. The SMILES string of the molecule is CC(C)C(O)CCNS(=O)(=O)c1ccc(F)cc1C(F)(F)F. The average molecular weight is 343 g/mol. The van der Waals surface area contributed by atoms with Crippen LogP contribution in [0.25, 0.3) is 0 Å². The Kier molecular flexibility index (Phi) is 5.94. The van der Waals surface area contributed by atoms with Gasteiger partial charge >= 0.3 is 6.18 Å². The smallest absolute Gasteiger partial charge is 0.393 e. The molecule has 1 aromatic carbocycles. The Morgan fingerprint density at radius 1 is 1.27 bits per heavy atom. The number of hydrogen-bond donors (Lipinski definition) is 2. The van der Waals surface area contributed by atoms with Gasteiger partial charge in [0, 0.05) is 6.54 Å². The second kappa shape index (κ2) is 6.93. The molecule has 0 bridgehead atoms. The minimum Gasteiger partial charge on any atom is -0.393 e. The predicted molar refractivity (Wildman–Crippen MR) is 72.1 cm³/mol. The zero-order valence-corrected chi connectivity index (χ0v) is 12.8. The Morgan fingerprint density at radius 2 is 1.86 bits per heavy atom. The molecule has 0 aliphatic carbocycles. The highest BCUT2D eigenvalue weighted by molar-refractivity contribution is 7.89. The average Bonchev–Trinajstić information content (AvgIpc) is 2.36. The van der Waals surface area contributed by atoms with Crippen molar-refractivity contribution in [1.82, 2.24) is 4.72 Å². The van der Waals surface area contributed by atoms with E-state index in [4.69, 9.17) is 0 Å². The summed E-state index contributed by atoms with van der Waals surface area (Å²) < 4.78 is 77.3. The Bertz CT molecular complexity index is 614. The lowest BCUT2D eigenvalue weighted by Gasteiger charge is -2.16. The molecule has 0 aromatic heterocycles. The van der Waals surface area contributed by atoms with E-state index in [9.17, 15) is 31.1 Å². The maximum absolute atomic E-state index is 13.0. The van der Waals surface area contributed by atoms with Crippen molar-refractivity contribution in [3.8, 4) is 0 Å². The first-order chi connectivity index (χ1) is 9.95. The number of hydrogen-bond acceptors (Lipinski definition) is 3. The molecule has 0 aliphatic rings. The summed E-state index contributed by atoms with van der Waals surface area (Å²) >= 11 is 0. The van der Waals surface area contributed by atoms with Gasteiger partial charge in [0.15, 0.2) is 0 Å². The Morgan fingerprint density at radius 3 is 2.36 bits per heavy atom. The lowest BCUT2D eigenvalue weighted by atomic mass is 10.1. The molecule has 4 nitrogen and oxygen atoms in total. The van der Waals surface area contributed by atoms with Gasteiger partial charge in [0.2, 0.25) is 10.0 Å². The number of halogens is 4. The van der Waals surface area contributed by atoms with Gasteiger partial charge in [-0.05, 0) is 30.5 Å². The van der Waals surface area contributed by atoms with E-state index in [2.05, 4.69) is 0 Å². The van der Waals surface area contributed by atoms with Crippen molar-refractivity contribution in [3.05, 3.63) is 29.6 Å². The third-order valence-corrected chi connectivity index (χ3v) is 4.56. The highest BCUT2D eigenvalue weighted by Gasteiger charge is 2.37. The van der Waals surface area contributed by atoms with Crippen LogP contribution in [0.3, 0.4) is 0 Å². The van der Waals surface area contributed by atoms with E-state index >= 15 is 0 Å². The van der Waals surface area contributed by atoms with Crippen LogP contribution >= 0.6 is 0 Å². The van der Waals surface area contributed by atoms with Crippen LogP contribution in [0.15, 0.2) is 23.1 Å². The lowest BCUT2D eigenvalue weighted by Crippen LogP contribution is -2.30. The molecular weight excluding hydrogens is 326 g/mol. The number of alkyl halides is 3. The molecule has 0 aliphatic heterocycles. The topological polar surface area (TPSA) is 66.4 Å². The first-order valence-electron chi connectivity index (χ1n) is 6.49. The molecule has 0 radical (unpaired) electrons. The number of aliphatic hydroxyl groups is 1. The zero-order chi connectivity index (χ0) is 17.1. The van der Waals surface area contributed by atoms with Crippen LogP contribution in [0, 0.1) is 11.7 Å². The van der Waals surface area contributed by atoms with Gasteiger partial charge in [-0.25, -0.2) is 17.5 Å². The van der Waals surface area contributed by atoms with Gasteiger partial charge in [-0.15, -0.1) is 0 Å². The second-order valence-electron chi connectivity index (χ2n) is 5.14. The molecule has 0 heterocycles. The quantitative estimate of drug-likeness (QED) is 0.780. The first kappa shape index (κ1) is 18.9. The number of rotatable bonds is 6. The van der Waals surface area contributed by atoms with Gasteiger partial charge in [0.05, 0.1) is 16.6 Å². The molecule has 0 saturated heterocycles. The van der Waals surface area contributed by atoms with E-state index in [0.29, 0.717) is 12.1 Å². The minimum absolute atomic E-state index is 0.0550. The van der Waals surface area contributed by atoms with Gasteiger partial charge < -0.3 is 5.11 Å². The molecule has 0 spiro atoms. The molecule has 2 N–H and O–H groups in total. The Hall–Kier alpha value is -1.19. The van der Waals surface area contributed by atoms with Crippen molar-refractivity contribution in [2.24, 2.45) is 5.92 Å². The first-order valence-corrected chi connectivity index (χ1v) is 7.98. The Labute approximate surface area is 126 Å². The van der Waals surface area contributed by atoms with Crippen molar-refractivity contribution in [1.29, 1.82) is 0 Å². The van der Waals surface area contributed by atoms with Gasteiger partial charge in [-0.3, -0.25) is 0 Å². The summed E-state index contributed by atoms with van der Waals surface area (Å²) in [7, 11) is -4.46. The van der Waals surface area contributed by atoms with Crippen molar-refractivity contribution in [2.45, 2.75) is 37.4 Å². The van der Waals surface area contributed by atoms with Crippen molar-refractivity contribution < 1.29 is 31.1 Å². The molecule has 1 unspecified atom stereocenters. The van der Waals surface area contributed by atoms with E-state index in [-0.39, 0.29) is 24.9 Å². The highest BCUT2D eigenvalue weighted by Crippen LogP contribution is 2.34.